The Bertz CT molecular complexity index is 1100. The molecule has 1 aromatic carbocycles. The van der Waals surface area contributed by atoms with Crippen molar-refractivity contribution >= 4 is 17.7 Å². The molecule has 3 aliphatic rings. The standard InChI is InChI=1S/C27H36F3N5OS/c1-18(36)31-22-10-6-20(7-11-22)24-32-33-25(34(24)2)37-15-3-13-35-14-12-26(17-35)16-23(26)19-4-8-21(9-5-19)27(28,29)30/h4-5,8-9,20,22-23H,3,6-7,10-17H2,1-2H3,(H,31,36). The predicted molar refractivity (Wildman–Crippen MR) is 137 cm³/mol. The van der Waals surface area contributed by atoms with E-state index in [0.717, 1.165) is 86.9 Å². The average Bonchev–Trinajstić information content (AvgIpc) is 3.20. The molecule has 0 radical (unpaired) electrons. The number of carbonyl (C=O) groups is 1. The Balaban J connectivity index is 1.04. The van der Waals surface area contributed by atoms with Crippen molar-refractivity contribution < 1.29 is 18.0 Å². The van der Waals surface area contributed by atoms with Gasteiger partial charge in [-0.2, -0.15) is 13.2 Å². The maximum Gasteiger partial charge on any atom is 0.416 e. The van der Waals surface area contributed by atoms with E-state index in [4.69, 9.17) is 0 Å². The van der Waals surface area contributed by atoms with E-state index in [9.17, 15) is 18.0 Å². The van der Waals surface area contributed by atoms with E-state index in [1.54, 1.807) is 30.8 Å². The van der Waals surface area contributed by atoms with Crippen LogP contribution in [0.25, 0.3) is 0 Å². The summed E-state index contributed by atoms with van der Waals surface area (Å²) in [6.45, 7) is 4.72. The predicted octanol–water partition coefficient (Wildman–Crippen LogP) is 5.36. The summed E-state index contributed by atoms with van der Waals surface area (Å²) in [5, 5.41) is 12.9. The average molecular weight is 536 g/mol. The molecule has 1 amide bonds. The Hall–Kier alpha value is -2.07. The third-order valence-corrected chi connectivity index (χ3v) is 9.62. The minimum absolute atomic E-state index is 0.0426. The summed E-state index contributed by atoms with van der Waals surface area (Å²) in [5.74, 6) is 2.86. The molecule has 3 fully saturated rings. The number of amides is 1. The van der Waals surface area contributed by atoms with Gasteiger partial charge >= 0.3 is 6.18 Å². The maximum absolute atomic E-state index is 12.9. The van der Waals surface area contributed by atoms with Gasteiger partial charge in [0.1, 0.15) is 5.82 Å². The van der Waals surface area contributed by atoms with Crippen molar-refractivity contribution in [2.24, 2.45) is 12.5 Å². The molecule has 2 atom stereocenters. The van der Waals surface area contributed by atoms with Crippen molar-refractivity contribution in [1.82, 2.24) is 25.0 Å². The van der Waals surface area contributed by atoms with Crippen molar-refractivity contribution in [3.05, 3.63) is 41.2 Å². The molecule has 0 bridgehead atoms. The molecule has 1 aliphatic heterocycles. The number of nitrogens with zero attached hydrogens (tertiary/aromatic N) is 4. The second kappa shape index (κ2) is 10.6. The van der Waals surface area contributed by atoms with Gasteiger partial charge in [0.25, 0.3) is 0 Å². The first-order valence-corrected chi connectivity index (χ1v) is 14.3. The van der Waals surface area contributed by atoms with Crippen molar-refractivity contribution in [1.29, 1.82) is 0 Å². The number of nitrogens with one attached hydrogen (secondary N) is 1. The molecule has 1 aromatic heterocycles. The number of carbonyl (C=O) groups excluding carboxylic acids is 1. The van der Waals surface area contributed by atoms with E-state index in [1.165, 1.54) is 12.1 Å². The molecule has 6 nitrogen and oxygen atoms in total. The van der Waals surface area contributed by atoms with Crippen molar-refractivity contribution in [2.75, 3.05) is 25.4 Å². The third-order valence-electron chi connectivity index (χ3n) is 8.51. The Morgan fingerprint density at radius 3 is 2.57 bits per heavy atom. The van der Waals surface area contributed by atoms with Gasteiger partial charge in [-0.15, -0.1) is 10.2 Å². The Kier molecular flexibility index (Phi) is 7.60. The number of thioether (sulfide) groups is 1. The highest BCUT2D eigenvalue weighted by Gasteiger charge is 2.57. The first kappa shape index (κ1) is 26.5. The van der Waals surface area contributed by atoms with Crippen LogP contribution < -0.4 is 5.32 Å². The molecule has 1 spiro atoms. The van der Waals surface area contributed by atoms with Crippen LogP contribution in [-0.4, -0.2) is 57.0 Å². The van der Waals surface area contributed by atoms with Gasteiger partial charge < -0.3 is 14.8 Å². The van der Waals surface area contributed by atoms with Gasteiger partial charge in [-0.25, -0.2) is 0 Å². The van der Waals surface area contributed by atoms with Gasteiger partial charge in [0, 0.05) is 38.2 Å². The molecule has 2 saturated carbocycles. The van der Waals surface area contributed by atoms with Crippen molar-refractivity contribution in [2.45, 2.75) is 81.1 Å². The van der Waals surface area contributed by atoms with E-state index >= 15 is 0 Å². The summed E-state index contributed by atoms with van der Waals surface area (Å²) in [6.07, 6.45) is 3.00. The molecular formula is C27H36F3N5OS. The molecule has 10 heteroatoms. The lowest BCUT2D eigenvalue weighted by Gasteiger charge is -2.28. The number of hydrogen-bond acceptors (Lipinski definition) is 5. The fraction of sp³-hybridized carbons (Fsp3) is 0.667. The van der Waals surface area contributed by atoms with E-state index in [-0.39, 0.29) is 17.4 Å². The Morgan fingerprint density at radius 1 is 1.16 bits per heavy atom. The fourth-order valence-corrected chi connectivity index (χ4v) is 7.23. The molecule has 2 aliphatic carbocycles. The lowest BCUT2D eigenvalue weighted by atomic mass is 9.85. The lowest BCUT2D eigenvalue weighted by molar-refractivity contribution is -0.137. The van der Waals surface area contributed by atoms with Gasteiger partial charge in [0.2, 0.25) is 5.91 Å². The summed E-state index contributed by atoms with van der Waals surface area (Å²) >= 11 is 1.75. The summed E-state index contributed by atoms with van der Waals surface area (Å²) < 4.78 is 40.7. The smallest absolute Gasteiger partial charge is 0.354 e. The second-order valence-corrected chi connectivity index (χ2v) is 12.2. The zero-order chi connectivity index (χ0) is 26.2. The number of hydrogen-bond donors (Lipinski definition) is 1. The number of likely N-dealkylation sites (tertiary alicyclic amines) is 1. The molecule has 1 saturated heterocycles. The van der Waals surface area contributed by atoms with E-state index < -0.39 is 11.7 Å². The summed E-state index contributed by atoms with van der Waals surface area (Å²) in [5.41, 5.74) is 0.734. The summed E-state index contributed by atoms with van der Waals surface area (Å²) in [7, 11) is 2.05. The molecule has 2 heterocycles. The van der Waals surface area contributed by atoms with Crippen LogP contribution >= 0.6 is 11.8 Å². The first-order chi connectivity index (χ1) is 17.6. The van der Waals surface area contributed by atoms with Gasteiger partial charge in [-0.1, -0.05) is 23.9 Å². The number of rotatable bonds is 8. The van der Waals surface area contributed by atoms with Crippen LogP contribution in [0.15, 0.2) is 29.4 Å². The van der Waals surface area contributed by atoms with E-state index in [1.807, 2.05) is 0 Å². The van der Waals surface area contributed by atoms with Crippen LogP contribution in [0.3, 0.4) is 0 Å². The highest BCUT2D eigenvalue weighted by Crippen LogP contribution is 2.64. The first-order valence-electron chi connectivity index (χ1n) is 13.3. The second-order valence-electron chi connectivity index (χ2n) is 11.1. The van der Waals surface area contributed by atoms with Gasteiger partial charge in [0.05, 0.1) is 5.56 Å². The lowest BCUT2D eigenvalue weighted by Crippen LogP contribution is -2.36. The van der Waals surface area contributed by atoms with E-state index in [0.29, 0.717) is 11.8 Å². The molecule has 37 heavy (non-hydrogen) atoms. The number of alkyl halides is 3. The maximum atomic E-state index is 12.9. The van der Waals surface area contributed by atoms with Crippen LogP contribution in [-0.2, 0) is 18.0 Å². The highest BCUT2D eigenvalue weighted by molar-refractivity contribution is 7.99. The number of halogens is 3. The Labute approximate surface area is 220 Å². The van der Waals surface area contributed by atoms with Crippen molar-refractivity contribution in [3.63, 3.8) is 0 Å². The molecular weight excluding hydrogens is 499 g/mol. The number of aromatic nitrogens is 3. The van der Waals surface area contributed by atoms with Gasteiger partial charge in [-0.05, 0) is 87.1 Å². The van der Waals surface area contributed by atoms with Gasteiger partial charge in [0.15, 0.2) is 5.16 Å². The van der Waals surface area contributed by atoms with Crippen LogP contribution in [0, 0.1) is 5.41 Å². The molecule has 5 rings (SSSR count). The Morgan fingerprint density at radius 2 is 1.89 bits per heavy atom. The topological polar surface area (TPSA) is 63.1 Å². The van der Waals surface area contributed by atoms with Crippen LogP contribution in [0.1, 0.15) is 80.7 Å². The minimum atomic E-state index is -4.28. The van der Waals surface area contributed by atoms with Crippen molar-refractivity contribution in [3.8, 4) is 0 Å². The summed E-state index contributed by atoms with van der Waals surface area (Å²) in [4.78, 5) is 13.8. The van der Waals surface area contributed by atoms with Gasteiger partial charge in [-0.3, -0.25) is 4.79 Å². The molecule has 1 N–H and O–H groups in total. The highest BCUT2D eigenvalue weighted by atomic mass is 32.2. The zero-order valence-electron chi connectivity index (χ0n) is 21.6. The van der Waals surface area contributed by atoms with Crippen LogP contribution in [0.5, 0.6) is 0 Å². The fourth-order valence-electron chi connectivity index (χ4n) is 6.39. The zero-order valence-corrected chi connectivity index (χ0v) is 22.4. The third kappa shape index (κ3) is 6.00. The monoisotopic (exact) mass is 535 g/mol. The largest absolute Gasteiger partial charge is 0.416 e. The van der Waals surface area contributed by atoms with Crippen LogP contribution in [0.2, 0.25) is 0 Å². The molecule has 2 aromatic rings. The normalized spacial score (nSPS) is 28.1. The minimum Gasteiger partial charge on any atom is -0.354 e. The van der Waals surface area contributed by atoms with Crippen LogP contribution in [0.4, 0.5) is 13.2 Å². The summed E-state index contributed by atoms with van der Waals surface area (Å²) in [6, 6.07) is 6.07. The number of benzene rings is 1. The molecule has 202 valence electrons. The quantitative estimate of drug-likeness (QED) is 0.364. The SMILES string of the molecule is CC(=O)NC1CCC(c2nnc(SCCCN3CCC4(CC4c4ccc(C(F)(F)F)cc4)C3)n2C)CC1. The van der Waals surface area contributed by atoms with E-state index in [2.05, 4.69) is 32.0 Å². The molecule has 2 unspecified atom stereocenters.